The van der Waals surface area contributed by atoms with Gasteiger partial charge in [0.05, 0.1) is 19.4 Å². The molecular formula is C19H31NO12. The van der Waals surface area contributed by atoms with E-state index in [9.17, 15) is 29.1 Å². The van der Waals surface area contributed by atoms with Crippen LogP contribution in [-0.4, -0.2) is 91.4 Å². The molecule has 1 amide bonds. The van der Waals surface area contributed by atoms with Gasteiger partial charge in [0.2, 0.25) is 5.91 Å². The lowest BCUT2D eigenvalue weighted by molar-refractivity contribution is -0.139. The highest BCUT2D eigenvalue weighted by Crippen LogP contribution is 2.19. The molecule has 0 aliphatic heterocycles. The molecule has 0 aliphatic rings. The molecule has 32 heavy (non-hydrogen) atoms. The number of hydrogen-bond acceptors (Lipinski definition) is 8. The van der Waals surface area contributed by atoms with Crippen LogP contribution in [0, 0.1) is 5.41 Å². The molecule has 0 aromatic carbocycles. The molecule has 0 saturated carbocycles. The summed E-state index contributed by atoms with van der Waals surface area (Å²) in [5.74, 6) is -5.41. The van der Waals surface area contributed by atoms with Crippen molar-refractivity contribution in [3.63, 3.8) is 0 Å². The number of aliphatic carboxylic acids is 4. The van der Waals surface area contributed by atoms with Gasteiger partial charge in [-0.25, -0.2) is 9.59 Å². The van der Waals surface area contributed by atoms with E-state index in [0.717, 1.165) is 0 Å². The molecule has 0 unspecified atom stereocenters. The predicted molar refractivity (Wildman–Crippen MR) is 110 cm³/mol. The summed E-state index contributed by atoms with van der Waals surface area (Å²) in [6, 6.07) is 0. The molecule has 13 nitrogen and oxygen atoms in total. The number of aliphatic hydroxyl groups excluding tert-OH is 3. The Bertz CT molecular complexity index is 646. The van der Waals surface area contributed by atoms with Gasteiger partial charge in [-0.1, -0.05) is 27.0 Å². The quantitative estimate of drug-likeness (QED) is 0.129. The van der Waals surface area contributed by atoms with Crippen molar-refractivity contribution in [1.82, 2.24) is 5.32 Å². The van der Waals surface area contributed by atoms with E-state index in [-0.39, 0.29) is 24.4 Å². The van der Waals surface area contributed by atoms with Gasteiger partial charge in [0, 0.05) is 29.7 Å². The van der Waals surface area contributed by atoms with E-state index in [2.05, 4.69) is 18.5 Å². The Labute approximate surface area is 184 Å². The van der Waals surface area contributed by atoms with Crippen molar-refractivity contribution in [3.05, 3.63) is 24.3 Å². The highest BCUT2D eigenvalue weighted by Gasteiger charge is 2.32. The summed E-state index contributed by atoms with van der Waals surface area (Å²) >= 11 is 0. The average Bonchev–Trinajstić information content (AvgIpc) is 2.67. The third kappa shape index (κ3) is 18.7. The molecule has 0 bridgehead atoms. The zero-order valence-corrected chi connectivity index (χ0v) is 17.9. The van der Waals surface area contributed by atoms with Crippen molar-refractivity contribution in [2.75, 3.05) is 19.8 Å². The largest absolute Gasteiger partial charge is 0.481 e. The number of hydrogen-bond donors (Lipinski definition) is 8. The number of nitrogens with one attached hydrogen (secondary N) is 1. The summed E-state index contributed by atoms with van der Waals surface area (Å²) in [7, 11) is 0. The predicted octanol–water partition coefficient (Wildman–Crippen LogP) is -0.932. The van der Waals surface area contributed by atoms with Crippen LogP contribution in [0.4, 0.5) is 0 Å². The highest BCUT2D eigenvalue weighted by molar-refractivity contribution is 5.91. The average molecular weight is 465 g/mol. The Hall–Kier alpha value is -3.29. The van der Waals surface area contributed by atoms with Gasteiger partial charge in [-0.3, -0.25) is 14.4 Å². The van der Waals surface area contributed by atoms with Crippen LogP contribution in [0.3, 0.4) is 0 Å². The normalized spacial score (nSPS) is 10.8. The van der Waals surface area contributed by atoms with Crippen LogP contribution in [0.1, 0.15) is 33.1 Å². The maximum Gasteiger partial charge on any atom is 0.331 e. The van der Waals surface area contributed by atoms with E-state index >= 15 is 0 Å². The van der Waals surface area contributed by atoms with Crippen molar-refractivity contribution in [2.24, 2.45) is 5.41 Å². The molecule has 0 spiro atoms. The Kier molecular flexibility index (Phi) is 18.1. The van der Waals surface area contributed by atoms with E-state index in [4.69, 9.17) is 30.6 Å². The molecule has 0 fully saturated rings. The van der Waals surface area contributed by atoms with E-state index in [1.165, 1.54) is 0 Å². The lowest BCUT2D eigenvalue weighted by Gasteiger charge is -2.27. The van der Waals surface area contributed by atoms with Gasteiger partial charge in [-0.05, 0) is 6.42 Å². The van der Waals surface area contributed by atoms with Crippen LogP contribution >= 0.6 is 0 Å². The van der Waals surface area contributed by atoms with Gasteiger partial charge in [-0.15, -0.1) is 0 Å². The number of carboxylic acid groups (broad SMARTS) is 4. The van der Waals surface area contributed by atoms with Gasteiger partial charge < -0.3 is 41.1 Å². The fourth-order valence-electron chi connectivity index (χ4n) is 1.34. The molecule has 0 saturated heterocycles. The lowest BCUT2D eigenvalue weighted by Crippen LogP contribution is -2.45. The molecular weight excluding hydrogens is 434 g/mol. The minimum atomic E-state index is -1.27. The number of carboxylic acids is 4. The fourth-order valence-corrected chi connectivity index (χ4v) is 1.34. The summed E-state index contributed by atoms with van der Waals surface area (Å²) in [6.45, 7) is 9.29. The summed E-state index contributed by atoms with van der Waals surface area (Å²) < 4.78 is 0. The zero-order valence-electron chi connectivity index (χ0n) is 17.9. The SMILES string of the molecule is C=C(CC(=O)O)C(=O)O.C=C(CC(=O)O)C(=O)O.CC(C)(CO)[C@@H](O)C(=O)NCCCO. The number of carbonyl (C=O) groups is 5. The van der Waals surface area contributed by atoms with Crippen LogP contribution in [-0.2, 0) is 24.0 Å². The van der Waals surface area contributed by atoms with E-state index < -0.39 is 54.1 Å². The highest BCUT2D eigenvalue weighted by atomic mass is 16.4. The third-order valence-electron chi connectivity index (χ3n) is 3.36. The van der Waals surface area contributed by atoms with Crippen LogP contribution in [0.25, 0.3) is 0 Å². The van der Waals surface area contributed by atoms with Crippen molar-refractivity contribution in [2.45, 2.75) is 39.2 Å². The summed E-state index contributed by atoms with van der Waals surface area (Å²) in [5.41, 5.74) is -1.45. The third-order valence-corrected chi connectivity index (χ3v) is 3.36. The maximum absolute atomic E-state index is 11.3. The second-order valence-corrected chi connectivity index (χ2v) is 6.88. The van der Waals surface area contributed by atoms with Gasteiger partial charge in [0.1, 0.15) is 6.10 Å². The Balaban J connectivity index is -0.000000411. The second-order valence-electron chi connectivity index (χ2n) is 6.88. The number of amides is 1. The number of rotatable bonds is 12. The maximum atomic E-state index is 11.3. The molecule has 184 valence electrons. The molecule has 0 rings (SSSR count). The molecule has 8 N–H and O–H groups in total. The summed E-state index contributed by atoms with van der Waals surface area (Å²) in [6.07, 6.45) is -1.78. The first-order valence-electron chi connectivity index (χ1n) is 8.96. The molecule has 13 heteroatoms. The van der Waals surface area contributed by atoms with Crippen LogP contribution < -0.4 is 5.32 Å². The van der Waals surface area contributed by atoms with Crippen molar-refractivity contribution < 1.29 is 59.7 Å². The summed E-state index contributed by atoms with van der Waals surface area (Å²) in [5, 5.41) is 61.5. The van der Waals surface area contributed by atoms with E-state index in [1.54, 1.807) is 13.8 Å². The first kappa shape index (κ1) is 33.4. The molecule has 0 aromatic heterocycles. The second kappa shape index (κ2) is 17.4. The standard InChI is InChI=1S/C9H19NO4.2C5H6O4/c1-9(2,6-12)7(13)8(14)10-4-3-5-11;2*1-3(5(8)9)2-4(6)7/h7,11-13H,3-6H2,1-2H3,(H,10,14);2*1-2H2,(H,6,7)(H,8,9)/t7-;;/m0../s1. The number of carbonyl (C=O) groups excluding carboxylic acids is 1. The van der Waals surface area contributed by atoms with Crippen molar-refractivity contribution >= 4 is 29.8 Å². The van der Waals surface area contributed by atoms with Crippen molar-refractivity contribution in [3.8, 4) is 0 Å². The zero-order chi connectivity index (χ0) is 26.1. The fraction of sp³-hybridized carbons (Fsp3) is 0.526. The Morgan fingerprint density at radius 1 is 0.844 bits per heavy atom. The van der Waals surface area contributed by atoms with Gasteiger partial charge in [0.15, 0.2) is 0 Å². The van der Waals surface area contributed by atoms with Crippen LogP contribution in [0.5, 0.6) is 0 Å². The Morgan fingerprint density at radius 2 is 1.22 bits per heavy atom. The van der Waals surface area contributed by atoms with Gasteiger partial charge in [-0.2, -0.15) is 0 Å². The van der Waals surface area contributed by atoms with E-state index in [1.807, 2.05) is 0 Å². The van der Waals surface area contributed by atoms with Gasteiger partial charge >= 0.3 is 23.9 Å². The molecule has 1 atom stereocenters. The topological polar surface area (TPSA) is 239 Å². The van der Waals surface area contributed by atoms with Crippen LogP contribution in [0.15, 0.2) is 24.3 Å². The van der Waals surface area contributed by atoms with Crippen molar-refractivity contribution in [1.29, 1.82) is 0 Å². The number of aliphatic hydroxyl groups is 3. The molecule has 0 aromatic rings. The molecule has 0 radical (unpaired) electrons. The Morgan fingerprint density at radius 3 is 1.44 bits per heavy atom. The smallest absolute Gasteiger partial charge is 0.331 e. The molecule has 0 aliphatic carbocycles. The van der Waals surface area contributed by atoms with E-state index in [0.29, 0.717) is 13.0 Å². The lowest BCUT2D eigenvalue weighted by atomic mass is 9.87. The minimum absolute atomic E-state index is 0.000230. The monoisotopic (exact) mass is 465 g/mol. The summed E-state index contributed by atoms with van der Waals surface area (Å²) in [4.78, 5) is 50.6. The van der Waals surface area contributed by atoms with Crippen LogP contribution in [0.2, 0.25) is 0 Å². The first-order valence-corrected chi connectivity index (χ1v) is 8.96. The minimum Gasteiger partial charge on any atom is -0.481 e. The first-order chi connectivity index (χ1) is 14.5. The van der Waals surface area contributed by atoms with Gasteiger partial charge in [0.25, 0.3) is 0 Å². The molecule has 0 heterocycles.